The summed E-state index contributed by atoms with van der Waals surface area (Å²) in [4.78, 5) is 35.6. The lowest BCUT2D eigenvalue weighted by Gasteiger charge is -2.25. The lowest BCUT2D eigenvalue weighted by Crippen LogP contribution is -2.51. The predicted octanol–water partition coefficient (Wildman–Crippen LogP) is 1.19. The Hall–Kier alpha value is -2.14. The quantitative estimate of drug-likeness (QED) is 0.785. The van der Waals surface area contributed by atoms with Crippen LogP contribution in [0.5, 0.6) is 0 Å². The average Bonchev–Trinajstić information content (AvgIpc) is 2.33. The number of amides is 3. The van der Waals surface area contributed by atoms with Gasteiger partial charge in [0, 0.05) is 11.9 Å². The van der Waals surface area contributed by atoms with Gasteiger partial charge < -0.3 is 5.32 Å². The van der Waals surface area contributed by atoms with E-state index in [1.165, 1.54) is 13.0 Å². The minimum absolute atomic E-state index is 0.0636. The van der Waals surface area contributed by atoms with Crippen LogP contribution < -0.4 is 5.32 Å². The number of nitrogens with one attached hydrogen (secondary N) is 1. The van der Waals surface area contributed by atoms with Crippen LogP contribution in [0.25, 0.3) is 6.08 Å². The molecule has 5 nitrogen and oxygen atoms in total. The van der Waals surface area contributed by atoms with Gasteiger partial charge in [-0.3, -0.25) is 19.3 Å². The summed E-state index contributed by atoms with van der Waals surface area (Å²) in [6, 6.07) is 6.82. The second-order valence-electron chi connectivity index (χ2n) is 4.07. The van der Waals surface area contributed by atoms with Gasteiger partial charge in [-0.1, -0.05) is 23.7 Å². The van der Waals surface area contributed by atoms with Crippen LogP contribution >= 0.6 is 11.6 Å². The van der Waals surface area contributed by atoms with Gasteiger partial charge in [-0.25, -0.2) is 0 Å². The first-order valence-electron chi connectivity index (χ1n) is 5.57. The van der Waals surface area contributed by atoms with Crippen molar-refractivity contribution < 1.29 is 14.4 Å². The number of piperazine rings is 1. The number of hydrogen-bond acceptors (Lipinski definition) is 3. The maximum atomic E-state index is 12.0. The molecule has 1 fully saturated rings. The molecule has 1 N–H and O–H groups in total. The largest absolute Gasteiger partial charge is 0.320 e. The lowest BCUT2D eigenvalue weighted by atomic mass is 10.1. The number of hydrogen-bond donors (Lipinski definition) is 1. The zero-order chi connectivity index (χ0) is 14.0. The van der Waals surface area contributed by atoms with E-state index >= 15 is 0 Å². The molecule has 0 spiro atoms. The molecule has 1 heterocycles. The molecule has 0 radical (unpaired) electrons. The van der Waals surface area contributed by atoms with Gasteiger partial charge in [0.25, 0.3) is 5.91 Å². The standard InChI is InChI=1S/C13H11ClN2O3/c1-8(17)16-7-12(18)15-11(13(16)19)6-9-3-2-4-10(14)5-9/h2-6H,7H2,1H3,(H,15,18)/b11-6+. The fourth-order valence-electron chi connectivity index (χ4n) is 1.72. The topological polar surface area (TPSA) is 66.5 Å². The first kappa shape index (κ1) is 13.3. The average molecular weight is 279 g/mol. The van der Waals surface area contributed by atoms with E-state index in [1.54, 1.807) is 24.3 Å². The van der Waals surface area contributed by atoms with E-state index in [9.17, 15) is 14.4 Å². The van der Waals surface area contributed by atoms with Crippen molar-refractivity contribution >= 4 is 35.4 Å². The molecule has 2 rings (SSSR count). The molecular weight excluding hydrogens is 268 g/mol. The molecular formula is C13H11ClN2O3. The third kappa shape index (κ3) is 3.00. The summed E-state index contributed by atoms with van der Waals surface area (Å²) in [6.07, 6.45) is 1.49. The number of benzene rings is 1. The fraction of sp³-hybridized carbons (Fsp3) is 0.154. The van der Waals surface area contributed by atoms with Crippen molar-refractivity contribution in [2.75, 3.05) is 6.54 Å². The highest BCUT2D eigenvalue weighted by atomic mass is 35.5. The monoisotopic (exact) mass is 278 g/mol. The Bertz CT molecular complexity index is 595. The molecule has 1 aromatic rings. The molecule has 0 aliphatic carbocycles. The third-order valence-corrected chi connectivity index (χ3v) is 2.83. The van der Waals surface area contributed by atoms with Crippen LogP contribution in [0, 0.1) is 0 Å². The molecule has 19 heavy (non-hydrogen) atoms. The summed E-state index contributed by atoms with van der Waals surface area (Å²) in [6.45, 7) is 0.995. The predicted molar refractivity (Wildman–Crippen MR) is 70.0 cm³/mol. The van der Waals surface area contributed by atoms with Crippen molar-refractivity contribution in [1.29, 1.82) is 0 Å². The molecule has 0 atom stereocenters. The maximum absolute atomic E-state index is 12.0. The van der Waals surface area contributed by atoms with Gasteiger partial charge in [-0.2, -0.15) is 0 Å². The second kappa shape index (κ2) is 5.24. The summed E-state index contributed by atoms with van der Waals surface area (Å²) in [5.41, 5.74) is 0.732. The maximum Gasteiger partial charge on any atom is 0.277 e. The van der Waals surface area contributed by atoms with Gasteiger partial charge >= 0.3 is 0 Å². The van der Waals surface area contributed by atoms with Crippen molar-refractivity contribution in [3.8, 4) is 0 Å². The van der Waals surface area contributed by atoms with Crippen LogP contribution in [-0.2, 0) is 14.4 Å². The van der Waals surface area contributed by atoms with Gasteiger partial charge in [0.05, 0.1) is 0 Å². The summed E-state index contributed by atoms with van der Waals surface area (Å²) in [5, 5.41) is 2.98. The second-order valence-corrected chi connectivity index (χ2v) is 4.51. The Morgan fingerprint density at radius 2 is 2.16 bits per heavy atom. The SMILES string of the molecule is CC(=O)N1CC(=O)N/C(=C/c2cccc(Cl)c2)C1=O. The van der Waals surface area contributed by atoms with Crippen LogP contribution in [0.4, 0.5) is 0 Å². The van der Waals surface area contributed by atoms with Crippen molar-refractivity contribution in [3.63, 3.8) is 0 Å². The van der Waals surface area contributed by atoms with Gasteiger partial charge in [-0.15, -0.1) is 0 Å². The Balaban J connectivity index is 2.35. The van der Waals surface area contributed by atoms with Crippen LogP contribution in [0.2, 0.25) is 5.02 Å². The van der Waals surface area contributed by atoms with Crippen molar-refractivity contribution in [1.82, 2.24) is 10.2 Å². The zero-order valence-electron chi connectivity index (χ0n) is 10.1. The van der Waals surface area contributed by atoms with Crippen LogP contribution in [0.15, 0.2) is 30.0 Å². The molecule has 0 aromatic heterocycles. The molecule has 3 amide bonds. The molecule has 1 aliphatic heterocycles. The van der Waals surface area contributed by atoms with E-state index in [1.807, 2.05) is 0 Å². The van der Waals surface area contributed by atoms with Gasteiger partial charge in [-0.05, 0) is 23.8 Å². The van der Waals surface area contributed by atoms with E-state index in [0.717, 1.165) is 4.90 Å². The van der Waals surface area contributed by atoms with Gasteiger partial charge in [0.15, 0.2) is 0 Å². The lowest BCUT2D eigenvalue weighted by molar-refractivity contribution is -0.147. The highest BCUT2D eigenvalue weighted by molar-refractivity contribution is 6.30. The van der Waals surface area contributed by atoms with Crippen LogP contribution in [0.1, 0.15) is 12.5 Å². The van der Waals surface area contributed by atoms with E-state index in [4.69, 9.17) is 11.6 Å². The van der Waals surface area contributed by atoms with Crippen LogP contribution in [-0.4, -0.2) is 29.2 Å². The van der Waals surface area contributed by atoms with Crippen molar-refractivity contribution in [2.24, 2.45) is 0 Å². The normalized spacial score (nSPS) is 17.6. The fourth-order valence-corrected chi connectivity index (χ4v) is 1.92. The summed E-state index contributed by atoms with van der Waals surface area (Å²) >= 11 is 5.84. The molecule has 6 heteroatoms. The molecule has 0 saturated carbocycles. The molecule has 0 unspecified atom stereocenters. The van der Waals surface area contributed by atoms with E-state index in [-0.39, 0.29) is 12.2 Å². The molecule has 1 aromatic carbocycles. The molecule has 1 aliphatic rings. The zero-order valence-corrected chi connectivity index (χ0v) is 10.9. The van der Waals surface area contributed by atoms with E-state index in [2.05, 4.69) is 5.32 Å². The third-order valence-electron chi connectivity index (χ3n) is 2.59. The highest BCUT2D eigenvalue weighted by Gasteiger charge is 2.30. The van der Waals surface area contributed by atoms with E-state index in [0.29, 0.717) is 10.6 Å². The molecule has 0 bridgehead atoms. The van der Waals surface area contributed by atoms with E-state index < -0.39 is 17.7 Å². The Morgan fingerprint density at radius 3 is 2.79 bits per heavy atom. The number of imide groups is 1. The smallest absolute Gasteiger partial charge is 0.277 e. The number of carbonyl (C=O) groups is 3. The minimum Gasteiger partial charge on any atom is -0.320 e. The Kier molecular flexibility index (Phi) is 3.66. The molecule has 1 saturated heterocycles. The minimum atomic E-state index is -0.521. The number of halogens is 1. The first-order chi connectivity index (χ1) is 8.97. The first-order valence-corrected chi connectivity index (χ1v) is 5.95. The van der Waals surface area contributed by atoms with Crippen molar-refractivity contribution in [2.45, 2.75) is 6.92 Å². The summed E-state index contributed by atoms with van der Waals surface area (Å²) in [5.74, 6) is -1.38. The number of carbonyl (C=O) groups excluding carboxylic acids is 3. The van der Waals surface area contributed by atoms with Crippen molar-refractivity contribution in [3.05, 3.63) is 40.5 Å². The summed E-state index contributed by atoms with van der Waals surface area (Å²) in [7, 11) is 0. The van der Waals surface area contributed by atoms with Crippen LogP contribution in [0.3, 0.4) is 0 Å². The summed E-state index contributed by atoms with van der Waals surface area (Å²) < 4.78 is 0. The highest BCUT2D eigenvalue weighted by Crippen LogP contribution is 2.15. The molecule has 98 valence electrons. The Labute approximate surface area is 114 Å². The number of nitrogens with zero attached hydrogens (tertiary/aromatic N) is 1. The Morgan fingerprint density at radius 1 is 1.42 bits per heavy atom. The number of rotatable bonds is 1. The van der Waals surface area contributed by atoms with Gasteiger partial charge in [0.2, 0.25) is 11.8 Å². The van der Waals surface area contributed by atoms with Gasteiger partial charge in [0.1, 0.15) is 12.2 Å².